The SMILES string of the molecule is O=C(NCC1CC1)[C@@H]1CCCN(C(=O)c2ccccc2F)C1. The van der Waals surface area contributed by atoms with Crippen LogP contribution in [0.2, 0.25) is 0 Å². The Morgan fingerprint density at radius 2 is 2.00 bits per heavy atom. The molecule has 1 N–H and O–H groups in total. The molecule has 0 bridgehead atoms. The van der Waals surface area contributed by atoms with E-state index < -0.39 is 5.82 Å². The van der Waals surface area contributed by atoms with Gasteiger partial charge in [0, 0.05) is 19.6 Å². The van der Waals surface area contributed by atoms with Crippen molar-refractivity contribution in [3.05, 3.63) is 35.6 Å². The lowest BCUT2D eigenvalue weighted by molar-refractivity contribution is -0.126. The van der Waals surface area contributed by atoms with Gasteiger partial charge in [-0.3, -0.25) is 9.59 Å². The first-order valence-electron chi connectivity index (χ1n) is 7.96. The van der Waals surface area contributed by atoms with Crippen molar-refractivity contribution in [2.45, 2.75) is 25.7 Å². The van der Waals surface area contributed by atoms with E-state index in [1.54, 1.807) is 17.0 Å². The number of carbonyl (C=O) groups is 2. The van der Waals surface area contributed by atoms with Crippen molar-refractivity contribution in [1.29, 1.82) is 0 Å². The molecule has 1 aromatic rings. The van der Waals surface area contributed by atoms with E-state index in [9.17, 15) is 14.0 Å². The number of piperidine rings is 1. The molecule has 118 valence electrons. The molecule has 1 atom stereocenters. The average molecular weight is 304 g/mol. The number of likely N-dealkylation sites (tertiary alicyclic amines) is 1. The van der Waals surface area contributed by atoms with Crippen LogP contribution in [0.1, 0.15) is 36.0 Å². The molecule has 2 amide bonds. The fraction of sp³-hybridized carbons (Fsp3) is 0.529. The molecule has 4 nitrogen and oxygen atoms in total. The average Bonchev–Trinajstić information content (AvgIpc) is 3.37. The third-order valence-corrected chi connectivity index (χ3v) is 4.45. The lowest BCUT2D eigenvalue weighted by Crippen LogP contribution is -2.46. The largest absolute Gasteiger partial charge is 0.356 e. The van der Waals surface area contributed by atoms with Crippen LogP contribution < -0.4 is 5.32 Å². The highest BCUT2D eigenvalue weighted by Crippen LogP contribution is 2.28. The Bertz CT molecular complexity index is 572. The molecule has 2 aliphatic rings. The van der Waals surface area contributed by atoms with Gasteiger partial charge >= 0.3 is 0 Å². The number of hydrogen-bond donors (Lipinski definition) is 1. The lowest BCUT2D eigenvalue weighted by atomic mass is 9.96. The Morgan fingerprint density at radius 3 is 2.73 bits per heavy atom. The predicted octanol–water partition coefficient (Wildman–Crippen LogP) is 2.20. The van der Waals surface area contributed by atoms with Crippen LogP contribution in [0.3, 0.4) is 0 Å². The summed E-state index contributed by atoms with van der Waals surface area (Å²) in [5.41, 5.74) is 0.0848. The highest BCUT2D eigenvalue weighted by Gasteiger charge is 2.30. The van der Waals surface area contributed by atoms with Gasteiger partial charge in [0.25, 0.3) is 5.91 Å². The number of nitrogens with one attached hydrogen (secondary N) is 1. The standard InChI is InChI=1S/C17H21FN2O2/c18-15-6-2-1-5-14(15)17(22)20-9-3-4-13(11-20)16(21)19-10-12-7-8-12/h1-2,5-6,12-13H,3-4,7-11H2,(H,19,21)/t13-/m1/s1. The van der Waals surface area contributed by atoms with E-state index in [-0.39, 0.29) is 23.3 Å². The van der Waals surface area contributed by atoms with E-state index in [0.717, 1.165) is 19.4 Å². The van der Waals surface area contributed by atoms with Crippen molar-refractivity contribution in [2.24, 2.45) is 11.8 Å². The molecule has 0 unspecified atom stereocenters. The second kappa shape index (κ2) is 6.46. The molecule has 3 rings (SSSR count). The quantitative estimate of drug-likeness (QED) is 0.927. The predicted molar refractivity (Wildman–Crippen MR) is 80.8 cm³/mol. The molecule has 22 heavy (non-hydrogen) atoms. The third kappa shape index (κ3) is 3.46. The lowest BCUT2D eigenvalue weighted by Gasteiger charge is -2.32. The second-order valence-electron chi connectivity index (χ2n) is 6.26. The Labute approximate surface area is 129 Å². The molecule has 0 aromatic heterocycles. The second-order valence-corrected chi connectivity index (χ2v) is 6.26. The van der Waals surface area contributed by atoms with Gasteiger partial charge in [-0.2, -0.15) is 0 Å². The van der Waals surface area contributed by atoms with Crippen molar-refractivity contribution >= 4 is 11.8 Å². The Morgan fingerprint density at radius 1 is 1.23 bits per heavy atom. The van der Waals surface area contributed by atoms with Crippen LogP contribution in [-0.2, 0) is 4.79 Å². The summed E-state index contributed by atoms with van der Waals surface area (Å²) in [4.78, 5) is 26.2. The van der Waals surface area contributed by atoms with Crippen LogP contribution in [0.15, 0.2) is 24.3 Å². The third-order valence-electron chi connectivity index (χ3n) is 4.45. The molecule has 2 fully saturated rings. The molecule has 1 saturated heterocycles. The van der Waals surface area contributed by atoms with Crippen LogP contribution in [0, 0.1) is 17.7 Å². The summed E-state index contributed by atoms with van der Waals surface area (Å²) in [6.07, 6.45) is 3.96. The van der Waals surface area contributed by atoms with E-state index in [0.29, 0.717) is 19.0 Å². The molecule has 5 heteroatoms. The fourth-order valence-electron chi connectivity index (χ4n) is 2.89. The fourth-order valence-corrected chi connectivity index (χ4v) is 2.89. The van der Waals surface area contributed by atoms with Crippen molar-refractivity contribution in [3.63, 3.8) is 0 Å². The Kier molecular flexibility index (Phi) is 4.41. The van der Waals surface area contributed by atoms with Crippen molar-refractivity contribution in [3.8, 4) is 0 Å². The van der Waals surface area contributed by atoms with Crippen LogP contribution in [0.5, 0.6) is 0 Å². The van der Waals surface area contributed by atoms with Crippen LogP contribution in [0.4, 0.5) is 4.39 Å². The Balaban J connectivity index is 1.61. The van der Waals surface area contributed by atoms with E-state index in [2.05, 4.69) is 5.32 Å². The summed E-state index contributed by atoms with van der Waals surface area (Å²) in [6, 6.07) is 6.00. The number of carbonyl (C=O) groups excluding carboxylic acids is 2. The van der Waals surface area contributed by atoms with E-state index in [4.69, 9.17) is 0 Å². The van der Waals surface area contributed by atoms with E-state index >= 15 is 0 Å². The molecule has 1 saturated carbocycles. The van der Waals surface area contributed by atoms with Gasteiger partial charge < -0.3 is 10.2 Å². The maximum Gasteiger partial charge on any atom is 0.256 e. The van der Waals surface area contributed by atoms with E-state index in [1.165, 1.54) is 25.0 Å². The summed E-state index contributed by atoms with van der Waals surface area (Å²) in [5.74, 6) is -0.338. The highest BCUT2D eigenvalue weighted by atomic mass is 19.1. The zero-order valence-corrected chi connectivity index (χ0v) is 12.6. The summed E-state index contributed by atoms with van der Waals surface area (Å²) in [5, 5.41) is 2.97. The van der Waals surface area contributed by atoms with Gasteiger partial charge in [0.15, 0.2) is 0 Å². The molecular formula is C17H21FN2O2. The van der Waals surface area contributed by atoms with Gasteiger partial charge in [0.1, 0.15) is 5.82 Å². The first-order valence-corrected chi connectivity index (χ1v) is 7.96. The first-order chi connectivity index (χ1) is 10.6. The van der Waals surface area contributed by atoms with Gasteiger partial charge in [0.2, 0.25) is 5.91 Å². The summed E-state index contributed by atoms with van der Waals surface area (Å²) in [7, 11) is 0. The van der Waals surface area contributed by atoms with Crippen LogP contribution >= 0.6 is 0 Å². The smallest absolute Gasteiger partial charge is 0.256 e. The van der Waals surface area contributed by atoms with Gasteiger partial charge in [0.05, 0.1) is 11.5 Å². The topological polar surface area (TPSA) is 49.4 Å². The number of rotatable bonds is 4. The summed E-state index contributed by atoms with van der Waals surface area (Å²) >= 11 is 0. The first kappa shape index (κ1) is 15.0. The van der Waals surface area contributed by atoms with Crippen molar-refractivity contribution in [1.82, 2.24) is 10.2 Å². The van der Waals surface area contributed by atoms with Gasteiger partial charge in [-0.15, -0.1) is 0 Å². The monoisotopic (exact) mass is 304 g/mol. The molecule has 0 radical (unpaired) electrons. The maximum atomic E-state index is 13.7. The highest BCUT2D eigenvalue weighted by molar-refractivity contribution is 5.95. The molecule has 1 aliphatic carbocycles. The number of benzene rings is 1. The number of hydrogen-bond acceptors (Lipinski definition) is 2. The zero-order chi connectivity index (χ0) is 15.5. The Hall–Kier alpha value is -1.91. The van der Waals surface area contributed by atoms with Gasteiger partial charge in [-0.05, 0) is 43.7 Å². The minimum absolute atomic E-state index is 0.0259. The normalized spacial score (nSPS) is 21.5. The molecule has 1 heterocycles. The summed E-state index contributed by atoms with van der Waals surface area (Å²) < 4.78 is 13.7. The minimum Gasteiger partial charge on any atom is -0.356 e. The van der Waals surface area contributed by atoms with Gasteiger partial charge in [-0.25, -0.2) is 4.39 Å². The molecule has 1 aromatic carbocycles. The zero-order valence-electron chi connectivity index (χ0n) is 12.6. The molecule has 0 spiro atoms. The summed E-state index contributed by atoms with van der Waals surface area (Å²) in [6.45, 7) is 1.71. The van der Waals surface area contributed by atoms with Crippen molar-refractivity contribution < 1.29 is 14.0 Å². The van der Waals surface area contributed by atoms with Crippen LogP contribution in [-0.4, -0.2) is 36.3 Å². The van der Waals surface area contributed by atoms with Gasteiger partial charge in [-0.1, -0.05) is 12.1 Å². The van der Waals surface area contributed by atoms with Crippen LogP contribution in [0.25, 0.3) is 0 Å². The number of nitrogens with zero attached hydrogens (tertiary/aromatic N) is 1. The maximum absolute atomic E-state index is 13.7. The molecular weight excluding hydrogens is 283 g/mol. The minimum atomic E-state index is -0.507. The number of halogens is 1. The van der Waals surface area contributed by atoms with Crippen molar-refractivity contribution in [2.75, 3.05) is 19.6 Å². The van der Waals surface area contributed by atoms with E-state index in [1.807, 2.05) is 0 Å². The number of amides is 2. The molecule has 1 aliphatic heterocycles.